The van der Waals surface area contributed by atoms with E-state index < -0.39 is 25.7 Å². The molecule has 2 aromatic rings. The fraction of sp³-hybridized carbons (Fsp3) is 0.0769. The van der Waals surface area contributed by atoms with Crippen LogP contribution in [0.25, 0.3) is 11.1 Å². The summed E-state index contributed by atoms with van der Waals surface area (Å²) in [6.07, 6.45) is -4.65. The van der Waals surface area contributed by atoms with Crippen molar-refractivity contribution in [3.63, 3.8) is 0 Å². The van der Waals surface area contributed by atoms with Crippen molar-refractivity contribution in [1.29, 1.82) is 0 Å². The van der Waals surface area contributed by atoms with E-state index in [9.17, 15) is 21.6 Å². The fourth-order valence-electron chi connectivity index (χ4n) is 1.70. The van der Waals surface area contributed by atoms with Gasteiger partial charge in [0.2, 0.25) is 0 Å². The third-order valence-corrected chi connectivity index (χ3v) is 3.96. The molecule has 0 atom stereocenters. The molecular formula is C13H8ClF3O2S. The van der Waals surface area contributed by atoms with E-state index in [4.69, 9.17) is 10.7 Å². The second-order valence-electron chi connectivity index (χ2n) is 4.05. The van der Waals surface area contributed by atoms with Crippen LogP contribution in [0.5, 0.6) is 0 Å². The quantitative estimate of drug-likeness (QED) is 0.773. The highest BCUT2D eigenvalue weighted by molar-refractivity contribution is 8.13. The van der Waals surface area contributed by atoms with Crippen LogP contribution in [0, 0.1) is 0 Å². The van der Waals surface area contributed by atoms with Gasteiger partial charge in [-0.3, -0.25) is 0 Å². The largest absolute Gasteiger partial charge is 0.416 e. The standard InChI is InChI=1S/C13H8ClF3O2S/c14-20(18,19)12-7-10(9-4-2-1-3-5-9)6-11(8-12)13(15,16)17/h1-8H. The minimum atomic E-state index is -4.65. The summed E-state index contributed by atoms with van der Waals surface area (Å²) in [4.78, 5) is -0.576. The van der Waals surface area contributed by atoms with Gasteiger partial charge in [0.15, 0.2) is 0 Å². The maximum absolute atomic E-state index is 12.8. The normalized spacial score (nSPS) is 12.4. The second kappa shape index (κ2) is 5.10. The summed E-state index contributed by atoms with van der Waals surface area (Å²) in [5, 5.41) is 0. The fourth-order valence-corrected chi connectivity index (χ4v) is 2.50. The summed E-state index contributed by atoms with van der Waals surface area (Å²) in [6, 6.07) is 10.7. The van der Waals surface area contributed by atoms with E-state index in [1.54, 1.807) is 30.3 Å². The third kappa shape index (κ3) is 3.32. The molecule has 0 N–H and O–H groups in total. The lowest BCUT2D eigenvalue weighted by molar-refractivity contribution is -0.137. The highest BCUT2D eigenvalue weighted by atomic mass is 35.7. The predicted octanol–water partition coefficient (Wildman–Crippen LogP) is 4.30. The maximum atomic E-state index is 12.8. The Morgan fingerprint density at radius 2 is 1.50 bits per heavy atom. The molecule has 0 spiro atoms. The zero-order chi connectivity index (χ0) is 15.0. The number of alkyl halides is 3. The molecule has 0 aromatic heterocycles. The van der Waals surface area contributed by atoms with Gasteiger partial charge in [0, 0.05) is 10.7 Å². The zero-order valence-corrected chi connectivity index (χ0v) is 11.4. The van der Waals surface area contributed by atoms with E-state index in [0.717, 1.165) is 12.1 Å². The Kier molecular flexibility index (Phi) is 3.80. The molecule has 7 heteroatoms. The van der Waals surface area contributed by atoms with Crippen molar-refractivity contribution in [2.24, 2.45) is 0 Å². The van der Waals surface area contributed by atoms with E-state index in [2.05, 4.69) is 0 Å². The maximum Gasteiger partial charge on any atom is 0.416 e. The average molecular weight is 321 g/mol. The van der Waals surface area contributed by atoms with Gasteiger partial charge in [-0.2, -0.15) is 13.2 Å². The van der Waals surface area contributed by atoms with E-state index in [-0.39, 0.29) is 5.56 Å². The first-order valence-corrected chi connectivity index (χ1v) is 7.71. The van der Waals surface area contributed by atoms with Gasteiger partial charge < -0.3 is 0 Å². The molecule has 2 aromatic carbocycles. The minimum Gasteiger partial charge on any atom is -0.207 e. The molecule has 0 aliphatic heterocycles. The second-order valence-corrected chi connectivity index (χ2v) is 6.61. The summed E-state index contributed by atoms with van der Waals surface area (Å²) in [5.41, 5.74) is -0.446. The molecule has 0 amide bonds. The molecule has 0 aliphatic carbocycles. The average Bonchev–Trinajstić information content (AvgIpc) is 2.37. The monoisotopic (exact) mass is 320 g/mol. The number of benzene rings is 2. The van der Waals surface area contributed by atoms with Crippen molar-refractivity contribution in [1.82, 2.24) is 0 Å². The van der Waals surface area contributed by atoms with Crippen LogP contribution >= 0.6 is 10.7 Å². The van der Waals surface area contributed by atoms with Gasteiger partial charge >= 0.3 is 6.18 Å². The Balaban J connectivity index is 2.70. The smallest absolute Gasteiger partial charge is 0.207 e. The van der Waals surface area contributed by atoms with Crippen LogP contribution in [0.15, 0.2) is 53.4 Å². The molecule has 106 valence electrons. The van der Waals surface area contributed by atoms with Crippen molar-refractivity contribution in [3.05, 3.63) is 54.1 Å². The third-order valence-electron chi connectivity index (χ3n) is 2.62. The Bertz CT molecular complexity index is 725. The van der Waals surface area contributed by atoms with Gasteiger partial charge in [0.25, 0.3) is 9.05 Å². The lowest BCUT2D eigenvalue weighted by atomic mass is 10.0. The van der Waals surface area contributed by atoms with Crippen LogP contribution in [-0.2, 0) is 15.2 Å². The Labute approximate surface area is 118 Å². The predicted molar refractivity (Wildman–Crippen MR) is 69.9 cm³/mol. The van der Waals surface area contributed by atoms with Crippen LogP contribution < -0.4 is 0 Å². The minimum absolute atomic E-state index is 0.139. The lowest BCUT2D eigenvalue weighted by Crippen LogP contribution is -2.06. The summed E-state index contributed by atoms with van der Waals surface area (Å²) in [7, 11) is 0.901. The van der Waals surface area contributed by atoms with Gasteiger partial charge in [0.1, 0.15) is 0 Å². The van der Waals surface area contributed by atoms with Crippen molar-refractivity contribution in [2.75, 3.05) is 0 Å². The van der Waals surface area contributed by atoms with Gasteiger partial charge in [-0.1, -0.05) is 30.3 Å². The number of halogens is 4. The van der Waals surface area contributed by atoms with Crippen molar-refractivity contribution in [2.45, 2.75) is 11.1 Å². The molecule has 2 nitrogen and oxygen atoms in total. The highest BCUT2D eigenvalue weighted by Gasteiger charge is 2.32. The van der Waals surface area contributed by atoms with Crippen LogP contribution in [0.3, 0.4) is 0 Å². The van der Waals surface area contributed by atoms with E-state index in [1.807, 2.05) is 0 Å². The highest BCUT2D eigenvalue weighted by Crippen LogP contribution is 2.35. The molecule has 0 bridgehead atoms. The zero-order valence-electron chi connectivity index (χ0n) is 9.86. The first kappa shape index (κ1) is 14.9. The molecule has 0 heterocycles. The van der Waals surface area contributed by atoms with Gasteiger partial charge in [-0.15, -0.1) is 0 Å². The van der Waals surface area contributed by atoms with Gasteiger partial charge in [0.05, 0.1) is 10.5 Å². The molecule has 0 aliphatic rings. The Morgan fingerprint density at radius 1 is 0.900 bits per heavy atom. The van der Waals surface area contributed by atoms with Crippen LogP contribution in [-0.4, -0.2) is 8.42 Å². The summed E-state index contributed by atoms with van der Waals surface area (Å²) < 4.78 is 61.0. The van der Waals surface area contributed by atoms with Crippen molar-refractivity contribution in [3.8, 4) is 11.1 Å². The molecule has 0 saturated heterocycles. The molecule has 0 saturated carbocycles. The molecule has 0 fully saturated rings. The first-order valence-electron chi connectivity index (χ1n) is 5.40. The SMILES string of the molecule is O=S(=O)(Cl)c1cc(-c2ccccc2)cc(C(F)(F)F)c1. The topological polar surface area (TPSA) is 34.1 Å². The summed E-state index contributed by atoms with van der Waals surface area (Å²) >= 11 is 0. The number of rotatable bonds is 2. The number of hydrogen-bond donors (Lipinski definition) is 0. The molecule has 0 radical (unpaired) electrons. The summed E-state index contributed by atoms with van der Waals surface area (Å²) in [6.45, 7) is 0. The molecule has 0 unspecified atom stereocenters. The summed E-state index contributed by atoms with van der Waals surface area (Å²) in [5.74, 6) is 0. The Morgan fingerprint density at radius 3 is 2.00 bits per heavy atom. The van der Waals surface area contributed by atoms with Crippen LogP contribution in [0.4, 0.5) is 13.2 Å². The van der Waals surface area contributed by atoms with E-state index in [0.29, 0.717) is 11.6 Å². The number of hydrogen-bond acceptors (Lipinski definition) is 2. The van der Waals surface area contributed by atoms with Gasteiger partial charge in [-0.25, -0.2) is 8.42 Å². The lowest BCUT2D eigenvalue weighted by Gasteiger charge is -2.11. The molecule has 20 heavy (non-hydrogen) atoms. The van der Waals surface area contributed by atoms with Crippen molar-refractivity contribution < 1.29 is 21.6 Å². The first-order chi connectivity index (χ1) is 9.18. The molecule has 2 rings (SSSR count). The van der Waals surface area contributed by atoms with Crippen LogP contribution in [0.1, 0.15) is 5.56 Å². The van der Waals surface area contributed by atoms with E-state index in [1.165, 1.54) is 0 Å². The van der Waals surface area contributed by atoms with Crippen LogP contribution in [0.2, 0.25) is 0 Å². The Hall–Kier alpha value is -1.53. The molecular weight excluding hydrogens is 313 g/mol. The van der Waals surface area contributed by atoms with E-state index >= 15 is 0 Å². The van der Waals surface area contributed by atoms with Crippen molar-refractivity contribution >= 4 is 19.7 Å². The van der Waals surface area contributed by atoms with Gasteiger partial charge in [-0.05, 0) is 29.3 Å².